The summed E-state index contributed by atoms with van der Waals surface area (Å²) in [6.45, 7) is 6.10. The number of hydrogen-bond acceptors (Lipinski definition) is 4. The Kier molecular flexibility index (Phi) is 7.96. The molecule has 2 aromatic carbocycles. The lowest BCUT2D eigenvalue weighted by Gasteiger charge is -2.38. The first-order valence-corrected chi connectivity index (χ1v) is 11.0. The number of phenols is 1. The highest BCUT2D eigenvalue weighted by atomic mass is 16.5. The number of ether oxygens (including phenoxy) is 1. The molecule has 0 bridgehead atoms. The maximum Gasteiger partial charge on any atom is 0.124 e. The average molecular weight is 398 g/mol. The van der Waals surface area contributed by atoms with E-state index in [0.29, 0.717) is 12.2 Å². The Morgan fingerprint density at radius 2 is 1.97 bits per heavy atom. The van der Waals surface area contributed by atoms with E-state index in [0.717, 1.165) is 50.8 Å². The molecule has 3 rings (SSSR count). The fraction of sp³-hybridized carbons (Fsp3) is 0.520. The number of likely N-dealkylation sites (tertiary alicyclic amines) is 1. The van der Waals surface area contributed by atoms with E-state index < -0.39 is 0 Å². The molecule has 0 radical (unpaired) electrons. The normalized spacial score (nSPS) is 21.1. The summed E-state index contributed by atoms with van der Waals surface area (Å²) in [6, 6.07) is 16.2. The average Bonchev–Trinajstić information content (AvgIpc) is 2.70. The van der Waals surface area contributed by atoms with Crippen molar-refractivity contribution in [2.75, 3.05) is 13.1 Å². The van der Waals surface area contributed by atoms with Gasteiger partial charge in [0.25, 0.3) is 0 Å². The van der Waals surface area contributed by atoms with E-state index in [-0.39, 0.29) is 24.0 Å². The minimum atomic E-state index is -0.298. The van der Waals surface area contributed by atoms with Crippen molar-refractivity contribution >= 4 is 0 Å². The molecule has 0 amide bonds. The van der Waals surface area contributed by atoms with Crippen LogP contribution in [0.2, 0.25) is 0 Å². The molecule has 1 heterocycles. The van der Waals surface area contributed by atoms with E-state index in [1.54, 1.807) is 6.07 Å². The molecule has 1 fully saturated rings. The molecule has 3 atom stereocenters. The first kappa shape index (κ1) is 21.7. The standard InChI is InChI=1S/C25H35NO3/c1-3-15-26-16-14-21(27)17-24(26)23-13-12-22(18-25(23)28)29-19(2)8-7-11-20-9-5-4-6-10-20/h4-6,9-10,12-13,18-19,21,24,27-28H,3,7-8,11,14-17H2,1-2H3. The molecule has 1 aliphatic rings. The Morgan fingerprint density at radius 1 is 1.17 bits per heavy atom. The highest BCUT2D eigenvalue weighted by molar-refractivity contribution is 5.42. The first-order valence-electron chi connectivity index (χ1n) is 11.0. The second kappa shape index (κ2) is 10.7. The number of phenolic OH excluding ortho intramolecular Hbond substituents is 1. The van der Waals surface area contributed by atoms with Crippen molar-refractivity contribution in [3.05, 3.63) is 59.7 Å². The monoisotopic (exact) mass is 397 g/mol. The van der Waals surface area contributed by atoms with Crippen LogP contribution in [0.1, 0.15) is 63.1 Å². The van der Waals surface area contributed by atoms with Gasteiger partial charge in [0.2, 0.25) is 0 Å². The number of aromatic hydroxyl groups is 1. The van der Waals surface area contributed by atoms with Crippen molar-refractivity contribution in [3.63, 3.8) is 0 Å². The molecule has 2 N–H and O–H groups in total. The van der Waals surface area contributed by atoms with Crippen LogP contribution in [-0.2, 0) is 6.42 Å². The van der Waals surface area contributed by atoms with Crippen molar-refractivity contribution in [2.24, 2.45) is 0 Å². The van der Waals surface area contributed by atoms with Gasteiger partial charge in [-0.25, -0.2) is 0 Å². The summed E-state index contributed by atoms with van der Waals surface area (Å²) in [7, 11) is 0. The minimum Gasteiger partial charge on any atom is -0.507 e. The highest BCUT2D eigenvalue weighted by Gasteiger charge is 2.29. The molecular formula is C25H35NO3. The van der Waals surface area contributed by atoms with Crippen LogP contribution >= 0.6 is 0 Å². The van der Waals surface area contributed by atoms with Gasteiger partial charge in [-0.1, -0.05) is 43.3 Å². The fourth-order valence-electron chi connectivity index (χ4n) is 4.28. The Bertz CT molecular complexity index is 749. The zero-order chi connectivity index (χ0) is 20.6. The topological polar surface area (TPSA) is 52.9 Å². The third-order valence-corrected chi connectivity index (χ3v) is 5.81. The quantitative estimate of drug-likeness (QED) is 0.619. The number of nitrogens with zero attached hydrogens (tertiary/aromatic N) is 1. The van der Waals surface area contributed by atoms with Crippen molar-refractivity contribution in [3.8, 4) is 11.5 Å². The molecule has 158 valence electrons. The molecule has 4 heteroatoms. The first-order chi connectivity index (χ1) is 14.1. The predicted octanol–water partition coefficient (Wildman–Crippen LogP) is 5.09. The summed E-state index contributed by atoms with van der Waals surface area (Å²) in [6.07, 6.45) is 5.43. The fourth-order valence-corrected chi connectivity index (χ4v) is 4.28. The second-order valence-corrected chi connectivity index (χ2v) is 8.26. The number of rotatable bonds is 9. The maximum atomic E-state index is 10.7. The molecule has 1 aliphatic heterocycles. The van der Waals surface area contributed by atoms with E-state index in [1.165, 1.54) is 5.56 Å². The summed E-state index contributed by atoms with van der Waals surface area (Å²) in [5, 5.41) is 20.8. The van der Waals surface area contributed by atoms with Crippen LogP contribution in [0.25, 0.3) is 0 Å². The molecule has 3 unspecified atom stereocenters. The van der Waals surface area contributed by atoms with Gasteiger partial charge in [0.1, 0.15) is 11.5 Å². The second-order valence-electron chi connectivity index (χ2n) is 8.26. The number of benzene rings is 2. The number of aryl methyl sites for hydroxylation is 1. The van der Waals surface area contributed by atoms with Crippen LogP contribution in [0.5, 0.6) is 11.5 Å². The minimum absolute atomic E-state index is 0.0658. The molecule has 4 nitrogen and oxygen atoms in total. The lowest BCUT2D eigenvalue weighted by atomic mass is 9.92. The van der Waals surface area contributed by atoms with Gasteiger partial charge in [-0.2, -0.15) is 0 Å². The van der Waals surface area contributed by atoms with Crippen molar-refractivity contribution in [1.29, 1.82) is 0 Å². The summed E-state index contributed by atoms with van der Waals surface area (Å²) < 4.78 is 6.05. The van der Waals surface area contributed by atoms with Gasteiger partial charge in [0.15, 0.2) is 0 Å². The van der Waals surface area contributed by atoms with Gasteiger partial charge in [0.05, 0.1) is 12.2 Å². The lowest BCUT2D eigenvalue weighted by molar-refractivity contribution is 0.0400. The Labute approximate surface area is 175 Å². The summed E-state index contributed by atoms with van der Waals surface area (Å²) in [4.78, 5) is 2.37. The van der Waals surface area contributed by atoms with Gasteiger partial charge in [0, 0.05) is 24.2 Å². The Morgan fingerprint density at radius 3 is 2.69 bits per heavy atom. The number of aliphatic hydroxyl groups excluding tert-OH is 1. The van der Waals surface area contributed by atoms with E-state index in [9.17, 15) is 10.2 Å². The van der Waals surface area contributed by atoms with Gasteiger partial charge in [-0.05, 0) is 63.6 Å². The molecular weight excluding hydrogens is 362 g/mol. The largest absolute Gasteiger partial charge is 0.507 e. The number of hydrogen-bond donors (Lipinski definition) is 2. The maximum absolute atomic E-state index is 10.7. The van der Waals surface area contributed by atoms with Gasteiger partial charge < -0.3 is 14.9 Å². The smallest absolute Gasteiger partial charge is 0.124 e. The Hall–Kier alpha value is -2.04. The molecule has 1 saturated heterocycles. The highest BCUT2D eigenvalue weighted by Crippen LogP contribution is 2.37. The number of aliphatic hydroxyl groups is 1. The number of piperidine rings is 1. The molecule has 0 aliphatic carbocycles. The zero-order valence-electron chi connectivity index (χ0n) is 17.8. The van der Waals surface area contributed by atoms with Crippen LogP contribution in [0.3, 0.4) is 0 Å². The predicted molar refractivity (Wildman–Crippen MR) is 117 cm³/mol. The van der Waals surface area contributed by atoms with E-state index in [2.05, 4.69) is 43.0 Å². The summed E-state index contributed by atoms with van der Waals surface area (Å²) in [5.41, 5.74) is 2.24. The van der Waals surface area contributed by atoms with Crippen LogP contribution < -0.4 is 4.74 Å². The Balaban J connectivity index is 1.56. The van der Waals surface area contributed by atoms with Crippen LogP contribution in [0, 0.1) is 0 Å². The van der Waals surface area contributed by atoms with Gasteiger partial charge >= 0.3 is 0 Å². The van der Waals surface area contributed by atoms with E-state index in [1.807, 2.05) is 18.2 Å². The van der Waals surface area contributed by atoms with Crippen LogP contribution in [0.4, 0.5) is 0 Å². The van der Waals surface area contributed by atoms with Crippen LogP contribution in [-0.4, -0.2) is 40.4 Å². The van der Waals surface area contributed by atoms with E-state index >= 15 is 0 Å². The molecule has 0 saturated carbocycles. The molecule has 0 aromatic heterocycles. The third-order valence-electron chi connectivity index (χ3n) is 5.81. The van der Waals surface area contributed by atoms with Gasteiger partial charge in [-0.3, -0.25) is 4.90 Å². The third kappa shape index (κ3) is 6.22. The lowest BCUT2D eigenvalue weighted by Crippen LogP contribution is -2.39. The van der Waals surface area contributed by atoms with Gasteiger partial charge in [-0.15, -0.1) is 0 Å². The summed E-state index contributed by atoms with van der Waals surface area (Å²) >= 11 is 0. The van der Waals surface area contributed by atoms with Crippen molar-refractivity contribution in [2.45, 2.75) is 70.6 Å². The molecule has 0 spiro atoms. The molecule has 29 heavy (non-hydrogen) atoms. The van der Waals surface area contributed by atoms with E-state index in [4.69, 9.17) is 4.74 Å². The van der Waals surface area contributed by atoms with Crippen molar-refractivity contribution < 1.29 is 14.9 Å². The van der Waals surface area contributed by atoms with Crippen LogP contribution in [0.15, 0.2) is 48.5 Å². The zero-order valence-corrected chi connectivity index (χ0v) is 17.8. The SMILES string of the molecule is CCCN1CCC(O)CC1c1ccc(OC(C)CCCc2ccccc2)cc1O. The van der Waals surface area contributed by atoms with Crippen molar-refractivity contribution in [1.82, 2.24) is 4.90 Å². The molecule has 2 aromatic rings. The summed E-state index contributed by atoms with van der Waals surface area (Å²) in [5.74, 6) is 0.969.